The van der Waals surface area contributed by atoms with E-state index in [9.17, 15) is 0 Å². The molecule has 4 heterocycles. The van der Waals surface area contributed by atoms with Crippen LogP contribution in [0.2, 0.25) is 0 Å². The first kappa shape index (κ1) is 11.9. The summed E-state index contributed by atoms with van der Waals surface area (Å²) in [6.45, 7) is 4.73. The van der Waals surface area contributed by atoms with Crippen LogP contribution in [0.4, 0.5) is 0 Å². The highest BCUT2D eigenvalue weighted by molar-refractivity contribution is 5.07. The molecule has 2 saturated heterocycles. The number of piperidine rings is 1. The normalized spacial score (nSPS) is 28.9. The summed E-state index contributed by atoms with van der Waals surface area (Å²) >= 11 is 0. The van der Waals surface area contributed by atoms with Crippen LogP contribution in [-0.4, -0.2) is 45.3 Å². The third-order valence-electron chi connectivity index (χ3n) is 5.01. The van der Waals surface area contributed by atoms with Crippen LogP contribution in [-0.2, 0) is 13.0 Å². The monoisotopic (exact) mass is 261 g/mol. The summed E-state index contributed by atoms with van der Waals surface area (Å²) in [4.78, 5) is 2.72. The maximum absolute atomic E-state index is 4.52. The number of rotatable bonds is 2. The summed E-state index contributed by atoms with van der Waals surface area (Å²) in [5.41, 5.74) is 0. The number of aryl methyl sites for hydroxylation is 1. The zero-order chi connectivity index (χ0) is 12.7. The standard InChI is InChI=1S/C14H23N5/c1-3-12(14-17-16-13-4-2-10-19(13)14)18(9-1)11-5-7-15-8-6-11/h11-12,15H,1-10H2. The molecule has 5 nitrogen and oxygen atoms in total. The Morgan fingerprint density at radius 2 is 1.89 bits per heavy atom. The fourth-order valence-corrected chi connectivity index (χ4v) is 4.06. The van der Waals surface area contributed by atoms with Crippen molar-refractivity contribution in [2.75, 3.05) is 19.6 Å². The van der Waals surface area contributed by atoms with Crippen LogP contribution in [0.1, 0.15) is 49.8 Å². The van der Waals surface area contributed by atoms with Crippen molar-refractivity contribution in [2.24, 2.45) is 0 Å². The van der Waals surface area contributed by atoms with E-state index >= 15 is 0 Å². The number of nitrogens with one attached hydrogen (secondary N) is 1. The summed E-state index contributed by atoms with van der Waals surface area (Å²) in [7, 11) is 0. The van der Waals surface area contributed by atoms with Crippen LogP contribution in [0.15, 0.2) is 0 Å². The Kier molecular flexibility index (Phi) is 3.04. The first-order valence-corrected chi connectivity index (χ1v) is 7.82. The molecule has 1 aromatic heterocycles. The lowest BCUT2D eigenvalue weighted by Gasteiger charge is -2.35. The predicted molar refractivity (Wildman–Crippen MR) is 72.9 cm³/mol. The Morgan fingerprint density at radius 1 is 1.00 bits per heavy atom. The largest absolute Gasteiger partial charge is 0.317 e. The van der Waals surface area contributed by atoms with Gasteiger partial charge in [-0.05, 0) is 51.7 Å². The third kappa shape index (κ3) is 1.99. The van der Waals surface area contributed by atoms with Gasteiger partial charge in [0.1, 0.15) is 11.6 Å². The SMILES string of the molecule is C1CC(c2nnc3n2CCC3)N(C2CCNCC2)C1. The molecule has 104 valence electrons. The average molecular weight is 261 g/mol. The summed E-state index contributed by atoms with van der Waals surface area (Å²) in [6, 6.07) is 1.28. The van der Waals surface area contributed by atoms with Gasteiger partial charge < -0.3 is 9.88 Å². The molecule has 0 radical (unpaired) electrons. The Balaban J connectivity index is 1.58. The molecular weight excluding hydrogens is 238 g/mol. The summed E-state index contributed by atoms with van der Waals surface area (Å²) < 4.78 is 2.39. The second-order valence-electron chi connectivity index (χ2n) is 6.11. The molecule has 3 aliphatic heterocycles. The molecule has 4 rings (SSSR count). The molecule has 19 heavy (non-hydrogen) atoms. The van der Waals surface area contributed by atoms with Gasteiger partial charge in [0.25, 0.3) is 0 Å². The molecule has 0 aliphatic carbocycles. The summed E-state index contributed by atoms with van der Waals surface area (Å²) in [6.07, 6.45) is 7.53. The van der Waals surface area contributed by atoms with E-state index in [-0.39, 0.29) is 0 Å². The van der Waals surface area contributed by atoms with E-state index in [4.69, 9.17) is 0 Å². The minimum atomic E-state index is 0.530. The van der Waals surface area contributed by atoms with Crippen molar-refractivity contribution in [3.05, 3.63) is 11.6 Å². The lowest BCUT2D eigenvalue weighted by Crippen LogP contribution is -2.43. The average Bonchev–Trinajstić information content (AvgIpc) is 3.15. The van der Waals surface area contributed by atoms with Crippen LogP contribution >= 0.6 is 0 Å². The van der Waals surface area contributed by atoms with E-state index in [1.165, 1.54) is 63.4 Å². The highest BCUT2D eigenvalue weighted by Gasteiger charge is 2.36. The first-order chi connectivity index (χ1) is 9.43. The molecule has 0 aromatic carbocycles. The number of aromatic nitrogens is 3. The second-order valence-corrected chi connectivity index (χ2v) is 6.11. The quantitative estimate of drug-likeness (QED) is 0.866. The molecule has 5 heteroatoms. The van der Waals surface area contributed by atoms with E-state index in [0.29, 0.717) is 6.04 Å². The van der Waals surface area contributed by atoms with E-state index in [2.05, 4.69) is 25.0 Å². The molecule has 3 aliphatic rings. The number of hydrogen-bond acceptors (Lipinski definition) is 4. The number of fused-ring (bicyclic) bond motifs is 1. The molecule has 0 saturated carbocycles. The molecule has 1 unspecified atom stereocenters. The topological polar surface area (TPSA) is 46.0 Å². The number of hydrogen-bond donors (Lipinski definition) is 1. The van der Waals surface area contributed by atoms with Crippen molar-refractivity contribution in [3.63, 3.8) is 0 Å². The van der Waals surface area contributed by atoms with Crippen molar-refractivity contribution in [3.8, 4) is 0 Å². The van der Waals surface area contributed by atoms with E-state index in [1.54, 1.807) is 0 Å². The highest BCUT2D eigenvalue weighted by atomic mass is 15.3. The smallest absolute Gasteiger partial charge is 0.150 e. The van der Waals surface area contributed by atoms with Crippen molar-refractivity contribution >= 4 is 0 Å². The van der Waals surface area contributed by atoms with Gasteiger partial charge >= 0.3 is 0 Å². The fourth-order valence-electron chi connectivity index (χ4n) is 4.06. The lowest BCUT2D eigenvalue weighted by molar-refractivity contribution is 0.141. The molecular formula is C14H23N5. The summed E-state index contributed by atoms with van der Waals surface area (Å²) in [5, 5.41) is 12.4. The minimum Gasteiger partial charge on any atom is -0.317 e. The van der Waals surface area contributed by atoms with Gasteiger partial charge in [-0.3, -0.25) is 4.90 Å². The van der Waals surface area contributed by atoms with Crippen LogP contribution in [0, 0.1) is 0 Å². The molecule has 2 fully saturated rings. The van der Waals surface area contributed by atoms with Gasteiger partial charge in [-0.15, -0.1) is 10.2 Å². The molecule has 0 spiro atoms. The Hall–Kier alpha value is -0.940. The Bertz CT molecular complexity index is 449. The zero-order valence-electron chi connectivity index (χ0n) is 11.5. The molecule has 1 aromatic rings. The zero-order valence-corrected chi connectivity index (χ0v) is 11.5. The van der Waals surface area contributed by atoms with E-state index in [0.717, 1.165) is 19.0 Å². The van der Waals surface area contributed by atoms with Gasteiger partial charge in [0.05, 0.1) is 6.04 Å². The Labute approximate surface area is 114 Å². The maximum atomic E-state index is 4.52. The van der Waals surface area contributed by atoms with Gasteiger partial charge in [-0.25, -0.2) is 0 Å². The van der Waals surface area contributed by atoms with Gasteiger partial charge in [-0.1, -0.05) is 0 Å². The molecule has 0 bridgehead atoms. The van der Waals surface area contributed by atoms with Gasteiger partial charge in [0.15, 0.2) is 0 Å². The van der Waals surface area contributed by atoms with Crippen molar-refractivity contribution in [1.82, 2.24) is 25.0 Å². The van der Waals surface area contributed by atoms with Crippen molar-refractivity contribution in [1.29, 1.82) is 0 Å². The molecule has 0 amide bonds. The molecule has 1 N–H and O–H groups in total. The van der Waals surface area contributed by atoms with Crippen LogP contribution in [0.25, 0.3) is 0 Å². The molecule has 1 atom stereocenters. The summed E-state index contributed by atoms with van der Waals surface area (Å²) in [5.74, 6) is 2.47. The number of likely N-dealkylation sites (tertiary alicyclic amines) is 1. The maximum Gasteiger partial charge on any atom is 0.150 e. The first-order valence-electron chi connectivity index (χ1n) is 7.82. The lowest BCUT2D eigenvalue weighted by atomic mass is 10.0. The van der Waals surface area contributed by atoms with Crippen LogP contribution < -0.4 is 5.32 Å². The number of nitrogens with zero attached hydrogens (tertiary/aromatic N) is 4. The predicted octanol–water partition coefficient (Wildman–Crippen LogP) is 1.11. The van der Waals surface area contributed by atoms with Crippen molar-refractivity contribution < 1.29 is 0 Å². The Morgan fingerprint density at radius 3 is 2.79 bits per heavy atom. The van der Waals surface area contributed by atoms with Crippen LogP contribution in [0.3, 0.4) is 0 Å². The third-order valence-corrected chi connectivity index (χ3v) is 5.01. The minimum absolute atomic E-state index is 0.530. The van der Waals surface area contributed by atoms with Crippen molar-refractivity contribution in [2.45, 2.75) is 57.2 Å². The van der Waals surface area contributed by atoms with Gasteiger partial charge in [0, 0.05) is 19.0 Å². The van der Waals surface area contributed by atoms with Crippen LogP contribution in [0.5, 0.6) is 0 Å². The highest BCUT2D eigenvalue weighted by Crippen LogP contribution is 2.35. The van der Waals surface area contributed by atoms with Gasteiger partial charge in [0.2, 0.25) is 0 Å². The van der Waals surface area contributed by atoms with E-state index < -0.39 is 0 Å². The van der Waals surface area contributed by atoms with Gasteiger partial charge in [-0.2, -0.15) is 0 Å². The van der Waals surface area contributed by atoms with E-state index in [1.807, 2.05) is 0 Å². The second kappa shape index (κ2) is 4.87. The fraction of sp³-hybridized carbons (Fsp3) is 0.857.